The first-order chi connectivity index (χ1) is 14.6. The molecule has 0 bridgehead atoms. The van der Waals surface area contributed by atoms with E-state index in [4.69, 9.17) is 23.2 Å². The van der Waals surface area contributed by atoms with Gasteiger partial charge in [0.15, 0.2) is 0 Å². The molecule has 0 saturated carbocycles. The number of carbonyl (C=O) groups excluding carboxylic acids is 2. The van der Waals surface area contributed by atoms with Crippen LogP contribution in [0.1, 0.15) is 45.8 Å². The Morgan fingerprint density at radius 2 is 1.52 bits per heavy atom. The van der Waals surface area contributed by atoms with E-state index >= 15 is 0 Å². The Morgan fingerprint density at radius 3 is 2.03 bits per heavy atom. The maximum Gasteiger partial charge on any atom is 0.322 e. The van der Waals surface area contributed by atoms with Crippen molar-refractivity contribution in [3.05, 3.63) is 58.1 Å². The Kier molecular flexibility index (Phi) is 9.16. The normalized spacial score (nSPS) is 12.0. The third kappa shape index (κ3) is 7.73. The summed E-state index contributed by atoms with van der Waals surface area (Å²) in [6, 6.07) is 11.3. The summed E-state index contributed by atoms with van der Waals surface area (Å²) in [5.74, 6) is 0.230. The summed E-state index contributed by atoms with van der Waals surface area (Å²) < 4.78 is 0. The zero-order valence-electron chi connectivity index (χ0n) is 18.2. The predicted octanol–water partition coefficient (Wildman–Crippen LogP) is 5.95. The second-order valence-corrected chi connectivity index (χ2v) is 8.90. The van der Waals surface area contributed by atoms with Gasteiger partial charge in [0.05, 0.1) is 22.7 Å². The van der Waals surface area contributed by atoms with Gasteiger partial charge in [0.1, 0.15) is 0 Å². The molecule has 2 rings (SSSR count). The van der Waals surface area contributed by atoms with Crippen LogP contribution in [0, 0.1) is 5.92 Å². The molecular weight excluding hydrogens is 437 g/mol. The summed E-state index contributed by atoms with van der Waals surface area (Å²) >= 11 is 12.0. The highest BCUT2D eigenvalue weighted by Gasteiger charge is 2.22. The van der Waals surface area contributed by atoms with Crippen molar-refractivity contribution in [2.24, 2.45) is 5.92 Å². The predicted molar refractivity (Wildman–Crippen MR) is 127 cm³/mol. The largest absolute Gasteiger partial charge is 0.387 e. The molecule has 0 saturated heterocycles. The van der Waals surface area contributed by atoms with Crippen molar-refractivity contribution >= 4 is 46.5 Å². The maximum absolute atomic E-state index is 12.8. The SMILES string of the molecule is CC(C)CC(=O)Nc1ccc(NC(=O)N(C[C@@H](O)c2ccc(Cl)c(Cl)c2)C(C)C)cc1. The lowest BCUT2D eigenvalue weighted by atomic mass is 10.1. The molecule has 0 fully saturated rings. The third-order valence-electron chi connectivity index (χ3n) is 4.60. The van der Waals surface area contributed by atoms with Gasteiger partial charge in [-0.25, -0.2) is 4.79 Å². The minimum absolute atomic E-state index is 0.0472. The van der Waals surface area contributed by atoms with E-state index in [0.717, 1.165) is 0 Å². The highest BCUT2D eigenvalue weighted by molar-refractivity contribution is 6.42. The van der Waals surface area contributed by atoms with Gasteiger partial charge in [-0.2, -0.15) is 0 Å². The standard InChI is InChI=1S/C23H29Cl2N3O3/c1-14(2)11-22(30)26-17-6-8-18(9-7-17)27-23(31)28(15(3)4)13-21(29)16-5-10-19(24)20(25)12-16/h5-10,12,14-15,21,29H,11,13H2,1-4H3,(H,26,30)(H,27,31)/t21-/m1/s1. The van der Waals surface area contributed by atoms with Crippen LogP contribution in [0.4, 0.5) is 16.2 Å². The van der Waals surface area contributed by atoms with Crippen LogP contribution >= 0.6 is 23.2 Å². The molecule has 0 aromatic heterocycles. The molecule has 0 spiro atoms. The summed E-state index contributed by atoms with van der Waals surface area (Å²) in [6.45, 7) is 7.79. The van der Waals surface area contributed by atoms with Gasteiger partial charge in [0.2, 0.25) is 5.91 Å². The van der Waals surface area contributed by atoms with Crippen LogP contribution in [0.2, 0.25) is 10.0 Å². The summed E-state index contributed by atoms with van der Waals surface area (Å²) in [7, 11) is 0. The van der Waals surface area contributed by atoms with Crippen molar-refractivity contribution in [1.82, 2.24) is 4.90 Å². The molecule has 0 unspecified atom stereocenters. The molecule has 3 N–H and O–H groups in total. The van der Waals surface area contributed by atoms with E-state index in [-0.39, 0.29) is 30.4 Å². The summed E-state index contributed by atoms with van der Waals surface area (Å²) in [6.07, 6.45) is -0.468. The van der Waals surface area contributed by atoms with Gasteiger partial charge in [-0.05, 0) is 61.7 Å². The number of anilines is 2. The highest BCUT2D eigenvalue weighted by Crippen LogP contribution is 2.26. The van der Waals surface area contributed by atoms with E-state index in [2.05, 4.69) is 10.6 Å². The van der Waals surface area contributed by atoms with E-state index in [9.17, 15) is 14.7 Å². The van der Waals surface area contributed by atoms with E-state index in [1.165, 1.54) is 4.90 Å². The van der Waals surface area contributed by atoms with E-state index in [0.29, 0.717) is 33.4 Å². The minimum Gasteiger partial charge on any atom is -0.387 e. The number of nitrogens with zero attached hydrogens (tertiary/aromatic N) is 1. The summed E-state index contributed by atoms with van der Waals surface area (Å²) in [5, 5.41) is 17.0. The van der Waals surface area contributed by atoms with Gasteiger partial charge in [-0.1, -0.05) is 43.1 Å². The number of hydrogen-bond acceptors (Lipinski definition) is 3. The molecule has 3 amide bonds. The monoisotopic (exact) mass is 465 g/mol. The number of aliphatic hydroxyl groups excluding tert-OH is 1. The van der Waals surface area contributed by atoms with Crippen LogP contribution in [-0.2, 0) is 4.79 Å². The topological polar surface area (TPSA) is 81.7 Å². The molecule has 8 heteroatoms. The molecule has 31 heavy (non-hydrogen) atoms. The van der Waals surface area contributed by atoms with Crippen molar-refractivity contribution in [3.63, 3.8) is 0 Å². The Labute approximate surface area is 193 Å². The van der Waals surface area contributed by atoms with Crippen LogP contribution in [0.5, 0.6) is 0 Å². The van der Waals surface area contributed by atoms with Gasteiger partial charge >= 0.3 is 6.03 Å². The second kappa shape index (κ2) is 11.4. The zero-order valence-corrected chi connectivity index (χ0v) is 19.7. The quantitative estimate of drug-likeness (QED) is 0.450. The van der Waals surface area contributed by atoms with Gasteiger partial charge in [-0.3, -0.25) is 4.79 Å². The fourth-order valence-electron chi connectivity index (χ4n) is 2.95. The van der Waals surface area contributed by atoms with Crippen molar-refractivity contribution in [1.29, 1.82) is 0 Å². The lowest BCUT2D eigenvalue weighted by Gasteiger charge is -2.29. The fourth-order valence-corrected chi connectivity index (χ4v) is 3.26. The summed E-state index contributed by atoms with van der Waals surface area (Å²) in [4.78, 5) is 26.2. The van der Waals surface area contributed by atoms with Crippen molar-refractivity contribution < 1.29 is 14.7 Å². The van der Waals surface area contributed by atoms with Crippen molar-refractivity contribution in [2.45, 2.75) is 46.3 Å². The molecule has 0 aliphatic heterocycles. The van der Waals surface area contributed by atoms with Crippen LogP contribution in [0.25, 0.3) is 0 Å². The minimum atomic E-state index is -0.915. The van der Waals surface area contributed by atoms with Gasteiger partial charge in [0.25, 0.3) is 0 Å². The number of nitrogens with one attached hydrogen (secondary N) is 2. The number of hydrogen-bond donors (Lipinski definition) is 3. The highest BCUT2D eigenvalue weighted by atomic mass is 35.5. The molecule has 1 atom stereocenters. The third-order valence-corrected chi connectivity index (χ3v) is 5.33. The maximum atomic E-state index is 12.8. The Hall–Kier alpha value is -2.28. The lowest BCUT2D eigenvalue weighted by Crippen LogP contribution is -2.42. The number of carbonyl (C=O) groups is 2. The first-order valence-corrected chi connectivity index (χ1v) is 10.9. The second-order valence-electron chi connectivity index (χ2n) is 8.09. The Bertz CT molecular complexity index is 901. The van der Waals surface area contributed by atoms with E-state index in [1.54, 1.807) is 42.5 Å². The van der Waals surface area contributed by atoms with Gasteiger partial charge in [0, 0.05) is 23.8 Å². The van der Waals surface area contributed by atoms with Crippen LogP contribution in [0.15, 0.2) is 42.5 Å². The molecule has 2 aromatic rings. The van der Waals surface area contributed by atoms with Crippen LogP contribution < -0.4 is 10.6 Å². The van der Waals surface area contributed by atoms with Crippen LogP contribution in [-0.4, -0.2) is 34.5 Å². The number of rotatable bonds is 8. The van der Waals surface area contributed by atoms with E-state index < -0.39 is 6.10 Å². The van der Waals surface area contributed by atoms with Crippen molar-refractivity contribution in [3.8, 4) is 0 Å². The number of benzene rings is 2. The van der Waals surface area contributed by atoms with E-state index in [1.807, 2.05) is 27.7 Å². The molecule has 0 radical (unpaired) electrons. The number of aliphatic hydroxyl groups is 1. The van der Waals surface area contributed by atoms with Gasteiger partial charge in [-0.15, -0.1) is 0 Å². The average Bonchev–Trinajstić information content (AvgIpc) is 2.68. The smallest absolute Gasteiger partial charge is 0.322 e. The number of amides is 3. The Morgan fingerprint density at radius 1 is 0.935 bits per heavy atom. The lowest BCUT2D eigenvalue weighted by molar-refractivity contribution is -0.116. The molecule has 0 aliphatic rings. The molecule has 2 aromatic carbocycles. The molecule has 0 aliphatic carbocycles. The first-order valence-electron chi connectivity index (χ1n) is 10.2. The van der Waals surface area contributed by atoms with Crippen molar-refractivity contribution in [2.75, 3.05) is 17.2 Å². The number of halogens is 2. The molecule has 168 valence electrons. The molecular formula is C23H29Cl2N3O3. The number of urea groups is 1. The summed E-state index contributed by atoms with van der Waals surface area (Å²) in [5.41, 5.74) is 1.83. The average molecular weight is 466 g/mol. The Balaban J connectivity index is 2.01. The first kappa shape index (κ1) is 25.0. The molecule has 0 heterocycles. The molecule has 6 nitrogen and oxygen atoms in total. The van der Waals surface area contributed by atoms with Crippen LogP contribution in [0.3, 0.4) is 0 Å². The van der Waals surface area contributed by atoms with Gasteiger partial charge < -0.3 is 20.6 Å². The fraction of sp³-hybridized carbons (Fsp3) is 0.391. The zero-order chi connectivity index (χ0) is 23.1.